The molecule has 0 bridgehead atoms. The lowest BCUT2D eigenvalue weighted by Gasteiger charge is -2.17. The Balaban J connectivity index is 2.82. The molecular weight excluding hydrogens is 240 g/mol. The number of aromatic nitrogens is 1. The van der Waals surface area contributed by atoms with Gasteiger partial charge in [0.25, 0.3) is 0 Å². The third kappa shape index (κ3) is 3.83. The lowest BCUT2D eigenvalue weighted by Crippen LogP contribution is -2.25. The minimum Gasteiger partial charge on any atom is -0.461 e. The van der Waals surface area contributed by atoms with Crippen molar-refractivity contribution < 1.29 is 9.53 Å². The molecule has 4 nitrogen and oxygen atoms in total. The molecule has 1 aromatic rings. The minimum absolute atomic E-state index is 0.253. The number of aromatic amines is 1. The Hall–Kier alpha value is -1.29. The van der Waals surface area contributed by atoms with Crippen LogP contribution in [0.4, 0.5) is 0 Å². The van der Waals surface area contributed by atoms with E-state index >= 15 is 0 Å². The molecule has 0 radical (unpaired) electrons. The van der Waals surface area contributed by atoms with Crippen LogP contribution in [0.3, 0.4) is 0 Å². The van der Waals surface area contributed by atoms with Gasteiger partial charge in [-0.15, -0.1) is 0 Å². The first kappa shape index (κ1) is 15.8. The van der Waals surface area contributed by atoms with Crippen molar-refractivity contribution in [3.05, 3.63) is 22.5 Å². The van der Waals surface area contributed by atoms with Crippen molar-refractivity contribution in [1.29, 1.82) is 0 Å². The number of carbonyl (C=O) groups is 1. The van der Waals surface area contributed by atoms with Crippen LogP contribution in [0.25, 0.3) is 0 Å². The Morgan fingerprint density at radius 1 is 1.21 bits per heavy atom. The van der Waals surface area contributed by atoms with E-state index in [0.717, 1.165) is 37.3 Å². The maximum absolute atomic E-state index is 11.8. The number of nitrogens with zero attached hydrogens (tertiary/aromatic N) is 1. The van der Waals surface area contributed by atoms with Gasteiger partial charge in [-0.1, -0.05) is 13.8 Å². The normalized spacial score (nSPS) is 11.1. The molecule has 0 aliphatic carbocycles. The molecule has 0 aliphatic rings. The van der Waals surface area contributed by atoms with Gasteiger partial charge in [0.05, 0.1) is 6.61 Å². The molecule has 0 saturated heterocycles. The summed E-state index contributed by atoms with van der Waals surface area (Å²) in [5.74, 6) is -0.253. The van der Waals surface area contributed by atoms with Crippen LogP contribution in [-0.4, -0.2) is 42.1 Å². The molecule has 0 unspecified atom stereocenters. The number of ether oxygens (including phenoxy) is 1. The van der Waals surface area contributed by atoms with Crippen molar-refractivity contribution in [3.8, 4) is 0 Å². The Bertz CT molecular complexity index is 420. The van der Waals surface area contributed by atoms with E-state index in [-0.39, 0.29) is 5.97 Å². The molecule has 1 rings (SSSR count). The van der Waals surface area contributed by atoms with Crippen LogP contribution in [0, 0.1) is 13.8 Å². The van der Waals surface area contributed by atoms with Gasteiger partial charge in [0.1, 0.15) is 5.69 Å². The maximum Gasteiger partial charge on any atom is 0.355 e. The summed E-state index contributed by atoms with van der Waals surface area (Å²) in [4.78, 5) is 17.4. The molecular formula is C15H26N2O2. The second-order valence-electron chi connectivity index (χ2n) is 4.73. The molecule has 1 heterocycles. The van der Waals surface area contributed by atoms with Crippen molar-refractivity contribution in [3.63, 3.8) is 0 Å². The number of aryl methyl sites for hydroxylation is 1. The van der Waals surface area contributed by atoms with E-state index in [9.17, 15) is 4.79 Å². The molecule has 0 amide bonds. The Labute approximate surface area is 116 Å². The number of carbonyl (C=O) groups excluding carboxylic acids is 1. The third-order valence-corrected chi connectivity index (χ3v) is 3.64. The van der Waals surface area contributed by atoms with Crippen LogP contribution < -0.4 is 0 Å². The van der Waals surface area contributed by atoms with Gasteiger partial charge in [-0.05, 0) is 51.4 Å². The zero-order chi connectivity index (χ0) is 14.4. The molecule has 0 fully saturated rings. The van der Waals surface area contributed by atoms with Crippen molar-refractivity contribution in [2.45, 2.75) is 41.0 Å². The second kappa shape index (κ2) is 7.34. The SMILES string of the molecule is CCOC(=O)c1[nH]c(C)c(CCN(CC)CC)c1C. The number of likely N-dealkylation sites (N-methyl/N-ethyl adjacent to an activating group) is 1. The van der Waals surface area contributed by atoms with E-state index in [1.54, 1.807) is 0 Å². The topological polar surface area (TPSA) is 45.3 Å². The summed E-state index contributed by atoms with van der Waals surface area (Å²) >= 11 is 0. The summed E-state index contributed by atoms with van der Waals surface area (Å²) < 4.78 is 5.06. The monoisotopic (exact) mass is 266 g/mol. The quantitative estimate of drug-likeness (QED) is 0.772. The fourth-order valence-electron chi connectivity index (χ4n) is 2.38. The predicted octanol–water partition coefficient (Wildman–Crippen LogP) is 2.69. The summed E-state index contributed by atoms with van der Waals surface area (Å²) in [6, 6.07) is 0. The van der Waals surface area contributed by atoms with Crippen LogP contribution in [-0.2, 0) is 11.2 Å². The zero-order valence-corrected chi connectivity index (χ0v) is 12.8. The number of rotatable bonds is 7. The lowest BCUT2D eigenvalue weighted by atomic mass is 10.1. The molecule has 4 heteroatoms. The molecule has 0 atom stereocenters. The zero-order valence-electron chi connectivity index (χ0n) is 12.8. The first-order valence-electron chi connectivity index (χ1n) is 7.12. The Morgan fingerprint density at radius 2 is 1.84 bits per heavy atom. The van der Waals surface area contributed by atoms with E-state index in [1.165, 1.54) is 5.56 Å². The van der Waals surface area contributed by atoms with Gasteiger partial charge in [0.2, 0.25) is 0 Å². The highest BCUT2D eigenvalue weighted by molar-refractivity contribution is 5.89. The molecule has 1 N–H and O–H groups in total. The van der Waals surface area contributed by atoms with Gasteiger partial charge in [0, 0.05) is 12.2 Å². The van der Waals surface area contributed by atoms with Gasteiger partial charge in [-0.25, -0.2) is 4.79 Å². The molecule has 0 spiro atoms. The second-order valence-corrected chi connectivity index (χ2v) is 4.73. The number of hydrogen-bond donors (Lipinski definition) is 1. The molecule has 0 aromatic carbocycles. The van der Waals surface area contributed by atoms with Crippen LogP contribution >= 0.6 is 0 Å². The summed E-state index contributed by atoms with van der Waals surface area (Å²) in [6.45, 7) is 13.7. The van der Waals surface area contributed by atoms with Gasteiger partial charge >= 0.3 is 5.97 Å². The highest BCUT2D eigenvalue weighted by atomic mass is 16.5. The van der Waals surface area contributed by atoms with Crippen LogP contribution in [0.5, 0.6) is 0 Å². The molecule has 0 aliphatic heterocycles. The van der Waals surface area contributed by atoms with Crippen molar-refractivity contribution >= 4 is 5.97 Å². The summed E-state index contributed by atoms with van der Waals surface area (Å²) in [5.41, 5.74) is 3.96. The molecule has 19 heavy (non-hydrogen) atoms. The van der Waals surface area contributed by atoms with Gasteiger partial charge in [-0.3, -0.25) is 0 Å². The number of hydrogen-bond acceptors (Lipinski definition) is 3. The van der Waals surface area contributed by atoms with Crippen LogP contribution in [0.1, 0.15) is 48.1 Å². The van der Waals surface area contributed by atoms with Crippen molar-refractivity contribution in [1.82, 2.24) is 9.88 Å². The minimum atomic E-state index is -0.253. The summed E-state index contributed by atoms with van der Waals surface area (Å²) in [6.07, 6.45) is 0.968. The van der Waals surface area contributed by atoms with E-state index < -0.39 is 0 Å². The van der Waals surface area contributed by atoms with E-state index in [0.29, 0.717) is 12.3 Å². The highest BCUT2D eigenvalue weighted by Gasteiger charge is 2.18. The van der Waals surface area contributed by atoms with E-state index in [2.05, 4.69) is 23.7 Å². The Kier molecular flexibility index (Phi) is 6.09. The Morgan fingerprint density at radius 3 is 2.37 bits per heavy atom. The average molecular weight is 266 g/mol. The van der Waals surface area contributed by atoms with Crippen molar-refractivity contribution in [2.75, 3.05) is 26.2 Å². The fourth-order valence-corrected chi connectivity index (χ4v) is 2.38. The maximum atomic E-state index is 11.8. The predicted molar refractivity (Wildman–Crippen MR) is 77.7 cm³/mol. The average Bonchev–Trinajstić information content (AvgIpc) is 2.67. The number of esters is 1. The molecule has 0 saturated carbocycles. The fraction of sp³-hybridized carbons (Fsp3) is 0.667. The molecule has 108 valence electrons. The standard InChI is InChI=1S/C15H26N2O2/c1-6-17(7-2)10-9-13-11(4)14(16-12(13)5)15(18)19-8-3/h16H,6-10H2,1-5H3. The summed E-state index contributed by atoms with van der Waals surface area (Å²) in [5, 5.41) is 0. The largest absolute Gasteiger partial charge is 0.461 e. The smallest absolute Gasteiger partial charge is 0.355 e. The van der Waals surface area contributed by atoms with Crippen molar-refractivity contribution in [2.24, 2.45) is 0 Å². The first-order chi connectivity index (χ1) is 9.04. The lowest BCUT2D eigenvalue weighted by molar-refractivity contribution is 0.0519. The third-order valence-electron chi connectivity index (χ3n) is 3.64. The van der Waals surface area contributed by atoms with E-state index in [4.69, 9.17) is 4.74 Å². The van der Waals surface area contributed by atoms with Gasteiger partial charge in [0.15, 0.2) is 0 Å². The highest BCUT2D eigenvalue weighted by Crippen LogP contribution is 2.19. The van der Waals surface area contributed by atoms with Gasteiger partial charge in [-0.2, -0.15) is 0 Å². The van der Waals surface area contributed by atoms with E-state index in [1.807, 2.05) is 20.8 Å². The van der Waals surface area contributed by atoms with Gasteiger partial charge < -0.3 is 14.6 Å². The number of nitrogens with one attached hydrogen (secondary N) is 1. The first-order valence-corrected chi connectivity index (χ1v) is 7.12. The van der Waals surface area contributed by atoms with Crippen LogP contribution in [0.15, 0.2) is 0 Å². The summed E-state index contributed by atoms with van der Waals surface area (Å²) in [7, 11) is 0. The van der Waals surface area contributed by atoms with Crippen LogP contribution in [0.2, 0.25) is 0 Å². The number of H-pyrrole nitrogens is 1. The molecule has 1 aromatic heterocycles.